The van der Waals surface area contributed by atoms with Gasteiger partial charge in [0, 0.05) is 31.1 Å². The van der Waals surface area contributed by atoms with Crippen LogP contribution in [0.25, 0.3) is 0 Å². The molecule has 1 aliphatic rings. The molecule has 0 bridgehead atoms. The topological polar surface area (TPSA) is 41.1 Å². The van der Waals surface area contributed by atoms with E-state index in [0.29, 0.717) is 18.0 Å². The Hall–Kier alpha value is -1.42. The first-order valence-corrected chi connectivity index (χ1v) is 5.41. The van der Waals surface area contributed by atoms with Gasteiger partial charge in [-0.25, -0.2) is 4.39 Å². The molecule has 4 heteroatoms. The number of carbonyl (C=O) groups is 1. The molecule has 1 heterocycles. The van der Waals surface area contributed by atoms with Crippen LogP contribution >= 0.6 is 0 Å². The summed E-state index contributed by atoms with van der Waals surface area (Å²) in [7, 11) is 0. The number of hydrogen-bond acceptors (Lipinski definition) is 2. The summed E-state index contributed by atoms with van der Waals surface area (Å²) in [6, 6.07) is 4.37. The van der Waals surface area contributed by atoms with Gasteiger partial charge in [-0.15, -0.1) is 0 Å². The number of benzene rings is 1. The quantitative estimate of drug-likeness (QED) is 0.803. The first-order valence-electron chi connectivity index (χ1n) is 5.41. The van der Waals surface area contributed by atoms with E-state index in [1.807, 2.05) is 0 Å². The molecule has 0 aromatic heterocycles. The summed E-state index contributed by atoms with van der Waals surface area (Å²) in [6.07, 6.45) is 0. The van der Waals surface area contributed by atoms with Crippen molar-refractivity contribution in [3.63, 3.8) is 0 Å². The lowest BCUT2D eigenvalue weighted by atomic mass is 10.0. The Morgan fingerprint density at radius 1 is 1.50 bits per heavy atom. The monoisotopic (exact) mass is 222 g/mol. The van der Waals surface area contributed by atoms with Crippen LogP contribution in [0, 0.1) is 18.7 Å². The molecule has 3 nitrogen and oxygen atoms in total. The van der Waals surface area contributed by atoms with Crippen molar-refractivity contribution in [1.29, 1.82) is 0 Å². The summed E-state index contributed by atoms with van der Waals surface area (Å²) in [6.45, 7) is 4.32. The minimum atomic E-state index is -0.365. The first-order chi connectivity index (χ1) is 7.65. The Morgan fingerprint density at radius 2 is 2.25 bits per heavy atom. The summed E-state index contributed by atoms with van der Waals surface area (Å²) in [5.74, 6) is -0.0523. The van der Waals surface area contributed by atoms with Crippen molar-refractivity contribution in [2.45, 2.75) is 6.92 Å². The van der Waals surface area contributed by atoms with Gasteiger partial charge in [0.15, 0.2) is 0 Å². The molecule has 2 N–H and O–H groups in total. The van der Waals surface area contributed by atoms with Crippen LogP contribution in [0.1, 0.15) is 15.9 Å². The van der Waals surface area contributed by atoms with Crippen molar-refractivity contribution in [2.75, 3.05) is 19.6 Å². The number of amides is 1. The molecule has 0 spiro atoms. The predicted octanol–water partition coefficient (Wildman–Crippen LogP) is 1.08. The van der Waals surface area contributed by atoms with E-state index in [2.05, 4.69) is 10.6 Å². The van der Waals surface area contributed by atoms with Crippen molar-refractivity contribution >= 4 is 5.91 Å². The van der Waals surface area contributed by atoms with E-state index < -0.39 is 0 Å². The minimum absolute atomic E-state index is 0.200. The highest BCUT2D eigenvalue weighted by Gasteiger charge is 2.17. The number of rotatable bonds is 3. The third-order valence-corrected chi connectivity index (χ3v) is 2.72. The second-order valence-electron chi connectivity index (χ2n) is 4.25. The Morgan fingerprint density at radius 3 is 2.81 bits per heavy atom. The average Bonchev–Trinajstić information content (AvgIpc) is 2.13. The molecule has 1 aliphatic heterocycles. The number of halogens is 1. The smallest absolute Gasteiger partial charge is 0.251 e. The Balaban J connectivity index is 1.96. The van der Waals surface area contributed by atoms with E-state index in [1.54, 1.807) is 13.0 Å². The van der Waals surface area contributed by atoms with Crippen LogP contribution in [0.5, 0.6) is 0 Å². The summed E-state index contributed by atoms with van der Waals surface area (Å²) in [4.78, 5) is 11.7. The maximum Gasteiger partial charge on any atom is 0.251 e. The lowest BCUT2D eigenvalue weighted by molar-refractivity contribution is 0.0941. The van der Waals surface area contributed by atoms with Crippen molar-refractivity contribution in [2.24, 2.45) is 5.92 Å². The van der Waals surface area contributed by atoms with Crippen LogP contribution in [0.4, 0.5) is 4.39 Å². The lowest BCUT2D eigenvalue weighted by Gasteiger charge is -2.27. The van der Waals surface area contributed by atoms with Gasteiger partial charge < -0.3 is 10.6 Å². The summed E-state index contributed by atoms with van der Waals surface area (Å²) < 4.78 is 13.1. The van der Waals surface area contributed by atoms with Gasteiger partial charge >= 0.3 is 0 Å². The highest BCUT2D eigenvalue weighted by molar-refractivity contribution is 5.94. The van der Waals surface area contributed by atoms with Crippen LogP contribution < -0.4 is 10.6 Å². The predicted molar refractivity (Wildman–Crippen MR) is 59.8 cm³/mol. The molecule has 1 aromatic carbocycles. The van der Waals surface area contributed by atoms with Crippen LogP contribution in [0.3, 0.4) is 0 Å². The third-order valence-electron chi connectivity index (χ3n) is 2.72. The van der Waals surface area contributed by atoms with Crippen molar-refractivity contribution in [3.8, 4) is 0 Å². The van der Waals surface area contributed by atoms with Gasteiger partial charge in [0.1, 0.15) is 5.82 Å². The highest BCUT2D eigenvalue weighted by atomic mass is 19.1. The molecule has 2 rings (SSSR count). The zero-order chi connectivity index (χ0) is 11.5. The molecular formula is C12H15FN2O. The lowest BCUT2D eigenvalue weighted by Crippen LogP contribution is -2.48. The maximum atomic E-state index is 13.1. The van der Waals surface area contributed by atoms with Gasteiger partial charge in [-0.3, -0.25) is 4.79 Å². The second-order valence-corrected chi connectivity index (χ2v) is 4.25. The van der Waals surface area contributed by atoms with Crippen LogP contribution in [-0.4, -0.2) is 25.5 Å². The van der Waals surface area contributed by atoms with Gasteiger partial charge in [-0.2, -0.15) is 0 Å². The number of hydrogen-bond donors (Lipinski definition) is 2. The van der Waals surface area contributed by atoms with E-state index in [9.17, 15) is 9.18 Å². The van der Waals surface area contributed by atoms with Gasteiger partial charge in [-0.05, 0) is 30.7 Å². The molecule has 0 saturated carbocycles. The molecule has 16 heavy (non-hydrogen) atoms. The van der Waals surface area contributed by atoms with Gasteiger partial charge in [-0.1, -0.05) is 0 Å². The zero-order valence-corrected chi connectivity index (χ0v) is 9.22. The molecule has 86 valence electrons. The van der Waals surface area contributed by atoms with E-state index in [4.69, 9.17) is 0 Å². The summed E-state index contributed by atoms with van der Waals surface area (Å²) in [5.41, 5.74) is 1.15. The van der Waals surface area contributed by atoms with Crippen molar-refractivity contribution in [1.82, 2.24) is 10.6 Å². The van der Waals surface area contributed by atoms with Crippen LogP contribution in [0.15, 0.2) is 18.2 Å². The zero-order valence-electron chi connectivity index (χ0n) is 9.22. The number of aryl methyl sites for hydroxylation is 1. The molecule has 1 fully saturated rings. The average molecular weight is 222 g/mol. The number of carbonyl (C=O) groups excluding carboxylic acids is 1. The van der Waals surface area contributed by atoms with E-state index >= 15 is 0 Å². The maximum absolute atomic E-state index is 13.1. The third kappa shape index (κ3) is 2.58. The fraction of sp³-hybridized carbons (Fsp3) is 0.417. The van der Waals surface area contributed by atoms with Gasteiger partial charge in [0.2, 0.25) is 0 Å². The molecule has 1 saturated heterocycles. The number of nitrogens with one attached hydrogen (secondary N) is 2. The molecule has 1 amide bonds. The van der Waals surface area contributed by atoms with Gasteiger partial charge in [0.05, 0.1) is 0 Å². The molecule has 0 aliphatic carbocycles. The normalized spacial score (nSPS) is 15.6. The van der Waals surface area contributed by atoms with Crippen LogP contribution in [-0.2, 0) is 0 Å². The fourth-order valence-corrected chi connectivity index (χ4v) is 1.70. The highest BCUT2D eigenvalue weighted by Crippen LogP contribution is 2.08. The molecule has 0 unspecified atom stereocenters. The molecular weight excluding hydrogens is 207 g/mol. The van der Waals surface area contributed by atoms with E-state index in [0.717, 1.165) is 18.7 Å². The molecule has 1 aromatic rings. The minimum Gasteiger partial charge on any atom is -0.352 e. The van der Waals surface area contributed by atoms with Crippen molar-refractivity contribution < 1.29 is 9.18 Å². The Kier molecular flexibility index (Phi) is 3.19. The molecule has 0 atom stereocenters. The van der Waals surface area contributed by atoms with Gasteiger partial charge in [0.25, 0.3) is 5.91 Å². The van der Waals surface area contributed by atoms with Crippen molar-refractivity contribution in [3.05, 3.63) is 35.1 Å². The second kappa shape index (κ2) is 4.61. The standard InChI is InChI=1S/C12H15FN2O/c1-8-2-10(4-11(13)3-8)12(16)15-7-9-5-14-6-9/h2-4,9,14H,5-7H2,1H3,(H,15,16). The fourth-order valence-electron chi connectivity index (χ4n) is 1.70. The van der Waals surface area contributed by atoms with E-state index in [-0.39, 0.29) is 11.7 Å². The largest absolute Gasteiger partial charge is 0.352 e. The SMILES string of the molecule is Cc1cc(F)cc(C(=O)NCC2CNC2)c1. The Labute approximate surface area is 94.0 Å². The Bertz CT molecular complexity index is 382. The van der Waals surface area contributed by atoms with E-state index in [1.165, 1.54) is 12.1 Å². The molecule has 0 radical (unpaired) electrons. The summed E-state index contributed by atoms with van der Waals surface area (Å²) in [5, 5.41) is 5.94. The first kappa shape index (κ1) is 11.1. The van der Waals surface area contributed by atoms with Crippen LogP contribution in [0.2, 0.25) is 0 Å². The summed E-state index contributed by atoms with van der Waals surface area (Å²) >= 11 is 0.